The van der Waals surface area contributed by atoms with Gasteiger partial charge in [-0.2, -0.15) is 0 Å². The third-order valence-electron chi connectivity index (χ3n) is 4.52. The van der Waals surface area contributed by atoms with Gasteiger partial charge in [-0.25, -0.2) is 4.79 Å². The first-order valence-corrected chi connectivity index (χ1v) is 8.62. The van der Waals surface area contributed by atoms with Crippen LogP contribution in [0.15, 0.2) is 30.3 Å². The lowest BCUT2D eigenvalue weighted by molar-refractivity contribution is -0.146. The van der Waals surface area contributed by atoms with Crippen LogP contribution in [0.3, 0.4) is 0 Å². The Morgan fingerprint density at radius 2 is 1.96 bits per heavy atom. The summed E-state index contributed by atoms with van der Waals surface area (Å²) in [5.41, 5.74) is 1.16. The van der Waals surface area contributed by atoms with Crippen molar-refractivity contribution in [2.24, 2.45) is 11.8 Å². The van der Waals surface area contributed by atoms with E-state index >= 15 is 0 Å². The van der Waals surface area contributed by atoms with Crippen molar-refractivity contribution in [3.05, 3.63) is 35.9 Å². The Kier molecular flexibility index (Phi) is 6.56. The molecule has 0 spiro atoms. The van der Waals surface area contributed by atoms with Crippen LogP contribution in [0.2, 0.25) is 0 Å². The molecule has 0 aliphatic carbocycles. The van der Waals surface area contributed by atoms with Gasteiger partial charge in [-0.3, -0.25) is 9.59 Å². The highest BCUT2D eigenvalue weighted by molar-refractivity contribution is 5.91. The largest absolute Gasteiger partial charge is 0.467 e. The number of carbonyl (C=O) groups is 3. The molecule has 6 nitrogen and oxygen atoms in total. The fourth-order valence-electron chi connectivity index (χ4n) is 2.97. The SMILES string of the molecule is COC(=O)C(NC(=O)C1CC(=O)N(CCc2ccccc2)C1)C(C)C. The molecule has 1 aromatic rings. The van der Waals surface area contributed by atoms with Crippen molar-refractivity contribution in [1.82, 2.24) is 10.2 Å². The van der Waals surface area contributed by atoms with Crippen molar-refractivity contribution in [3.8, 4) is 0 Å². The van der Waals surface area contributed by atoms with Crippen molar-refractivity contribution in [3.63, 3.8) is 0 Å². The van der Waals surface area contributed by atoms with Gasteiger partial charge >= 0.3 is 5.97 Å². The minimum absolute atomic E-state index is 0.0183. The molecule has 0 saturated carbocycles. The van der Waals surface area contributed by atoms with Crippen molar-refractivity contribution in [2.45, 2.75) is 32.7 Å². The van der Waals surface area contributed by atoms with Gasteiger partial charge in [-0.1, -0.05) is 44.2 Å². The number of nitrogens with zero attached hydrogens (tertiary/aromatic N) is 1. The molecule has 1 aromatic carbocycles. The summed E-state index contributed by atoms with van der Waals surface area (Å²) in [6, 6.07) is 9.25. The molecule has 1 saturated heterocycles. The zero-order chi connectivity index (χ0) is 18.4. The number of ether oxygens (including phenoxy) is 1. The summed E-state index contributed by atoms with van der Waals surface area (Å²) in [6.07, 6.45) is 0.949. The van der Waals surface area contributed by atoms with Crippen LogP contribution in [0.1, 0.15) is 25.8 Å². The molecule has 1 heterocycles. The lowest BCUT2D eigenvalue weighted by Gasteiger charge is -2.22. The molecule has 0 radical (unpaired) electrons. The smallest absolute Gasteiger partial charge is 0.328 e. The number of esters is 1. The number of amides is 2. The molecular formula is C19H26N2O4. The monoisotopic (exact) mass is 346 g/mol. The first kappa shape index (κ1) is 19.0. The highest BCUT2D eigenvalue weighted by Crippen LogP contribution is 2.19. The van der Waals surface area contributed by atoms with E-state index in [1.165, 1.54) is 7.11 Å². The Morgan fingerprint density at radius 1 is 1.28 bits per heavy atom. The fourth-order valence-corrected chi connectivity index (χ4v) is 2.97. The maximum atomic E-state index is 12.4. The number of nitrogens with one attached hydrogen (secondary N) is 1. The quantitative estimate of drug-likeness (QED) is 0.757. The van der Waals surface area contributed by atoms with Crippen LogP contribution >= 0.6 is 0 Å². The molecule has 2 atom stereocenters. The molecule has 6 heteroatoms. The lowest BCUT2D eigenvalue weighted by atomic mass is 10.0. The highest BCUT2D eigenvalue weighted by Gasteiger charge is 2.36. The van der Waals surface area contributed by atoms with Crippen LogP contribution in [0.5, 0.6) is 0 Å². The average Bonchev–Trinajstić information content (AvgIpc) is 2.98. The highest BCUT2D eigenvalue weighted by atomic mass is 16.5. The number of rotatable bonds is 7. The second-order valence-electron chi connectivity index (χ2n) is 6.73. The van der Waals surface area contributed by atoms with Crippen LogP contribution in [0, 0.1) is 11.8 Å². The van der Waals surface area contributed by atoms with E-state index in [4.69, 9.17) is 4.74 Å². The van der Waals surface area contributed by atoms with E-state index in [-0.39, 0.29) is 24.2 Å². The molecule has 1 aliphatic rings. The first-order valence-electron chi connectivity index (χ1n) is 8.62. The Balaban J connectivity index is 1.90. The van der Waals surface area contributed by atoms with Gasteiger partial charge in [0.1, 0.15) is 6.04 Å². The predicted octanol–water partition coefficient (Wildman–Crippen LogP) is 1.39. The normalized spacial score (nSPS) is 18.3. The first-order chi connectivity index (χ1) is 11.9. The van der Waals surface area contributed by atoms with E-state index in [0.29, 0.717) is 13.1 Å². The summed E-state index contributed by atoms with van der Waals surface area (Å²) < 4.78 is 4.74. The minimum Gasteiger partial charge on any atom is -0.467 e. The molecular weight excluding hydrogens is 320 g/mol. The number of hydrogen-bond acceptors (Lipinski definition) is 4. The summed E-state index contributed by atoms with van der Waals surface area (Å²) in [7, 11) is 1.30. The minimum atomic E-state index is -0.689. The second-order valence-corrected chi connectivity index (χ2v) is 6.73. The van der Waals surface area contributed by atoms with Gasteiger partial charge in [0, 0.05) is 19.5 Å². The Morgan fingerprint density at radius 3 is 2.56 bits per heavy atom. The molecule has 2 unspecified atom stereocenters. The number of benzene rings is 1. The zero-order valence-corrected chi connectivity index (χ0v) is 15.0. The number of likely N-dealkylation sites (tertiary alicyclic amines) is 1. The fraction of sp³-hybridized carbons (Fsp3) is 0.526. The van der Waals surface area contributed by atoms with Crippen LogP contribution < -0.4 is 5.32 Å². The van der Waals surface area contributed by atoms with Crippen LogP contribution in [0.4, 0.5) is 0 Å². The van der Waals surface area contributed by atoms with E-state index in [0.717, 1.165) is 12.0 Å². The van der Waals surface area contributed by atoms with Crippen LogP contribution in [-0.2, 0) is 25.5 Å². The number of methoxy groups -OCH3 is 1. The standard InChI is InChI=1S/C19H26N2O4/c1-13(2)17(19(24)25-3)20-18(23)15-11-16(22)21(12-15)10-9-14-7-5-4-6-8-14/h4-8,13,15,17H,9-12H2,1-3H3,(H,20,23). The molecule has 1 N–H and O–H groups in total. The maximum absolute atomic E-state index is 12.4. The molecule has 0 aromatic heterocycles. The topological polar surface area (TPSA) is 75.7 Å². The molecule has 2 amide bonds. The second kappa shape index (κ2) is 8.65. The van der Waals surface area contributed by atoms with Gasteiger partial charge < -0.3 is 15.0 Å². The number of carbonyl (C=O) groups excluding carboxylic acids is 3. The molecule has 136 valence electrons. The van der Waals surface area contributed by atoms with E-state index in [1.54, 1.807) is 4.90 Å². The summed E-state index contributed by atoms with van der Waals surface area (Å²) in [5.74, 6) is -1.25. The van der Waals surface area contributed by atoms with Gasteiger partial charge in [0.15, 0.2) is 0 Å². The lowest BCUT2D eigenvalue weighted by Crippen LogP contribution is -2.47. The van der Waals surface area contributed by atoms with E-state index in [9.17, 15) is 14.4 Å². The van der Waals surface area contributed by atoms with E-state index in [2.05, 4.69) is 5.32 Å². The molecule has 1 aliphatic heterocycles. The van der Waals surface area contributed by atoms with Crippen molar-refractivity contribution in [1.29, 1.82) is 0 Å². The third kappa shape index (κ3) is 5.05. The van der Waals surface area contributed by atoms with Crippen LogP contribution in [0.25, 0.3) is 0 Å². The zero-order valence-electron chi connectivity index (χ0n) is 15.0. The molecule has 25 heavy (non-hydrogen) atoms. The summed E-state index contributed by atoms with van der Waals surface area (Å²) in [4.78, 5) is 38.1. The van der Waals surface area contributed by atoms with Gasteiger partial charge in [-0.05, 0) is 17.9 Å². The summed E-state index contributed by atoms with van der Waals surface area (Å²) in [5, 5.41) is 2.73. The van der Waals surface area contributed by atoms with E-state index < -0.39 is 17.9 Å². The summed E-state index contributed by atoms with van der Waals surface area (Å²) >= 11 is 0. The van der Waals surface area contributed by atoms with Gasteiger partial charge in [0.25, 0.3) is 0 Å². The van der Waals surface area contributed by atoms with Crippen molar-refractivity contribution >= 4 is 17.8 Å². The maximum Gasteiger partial charge on any atom is 0.328 e. The van der Waals surface area contributed by atoms with Crippen molar-refractivity contribution < 1.29 is 19.1 Å². The third-order valence-corrected chi connectivity index (χ3v) is 4.52. The van der Waals surface area contributed by atoms with Crippen LogP contribution in [-0.4, -0.2) is 48.9 Å². The van der Waals surface area contributed by atoms with Gasteiger partial charge in [0.05, 0.1) is 13.0 Å². The average molecular weight is 346 g/mol. The predicted molar refractivity (Wildman–Crippen MR) is 93.6 cm³/mol. The molecule has 2 rings (SSSR count). The van der Waals surface area contributed by atoms with E-state index in [1.807, 2.05) is 44.2 Å². The molecule has 0 bridgehead atoms. The number of hydrogen-bond donors (Lipinski definition) is 1. The Hall–Kier alpha value is -2.37. The summed E-state index contributed by atoms with van der Waals surface area (Å²) in [6.45, 7) is 4.67. The molecule has 1 fully saturated rings. The van der Waals surface area contributed by atoms with Crippen molar-refractivity contribution in [2.75, 3.05) is 20.2 Å². The Labute approximate surface area is 148 Å². The van der Waals surface area contributed by atoms with Gasteiger partial charge in [0.2, 0.25) is 11.8 Å². The van der Waals surface area contributed by atoms with Gasteiger partial charge in [-0.15, -0.1) is 0 Å². The Bertz CT molecular complexity index is 615.